The number of hydrogen-bond acceptors (Lipinski definition) is 3. The largest absolute Gasteiger partial charge is 0.358 e. The SMILES string of the molecule is O=C(Nc1ccc(C2CCCCC2)nc1)Nc1c[nH]c2cccnc12. The molecule has 1 aliphatic rings. The van der Waals surface area contributed by atoms with Crippen LogP contribution in [0, 0.1) is 0 Å². The second-order valence-corrected chi connectivity index (χ2v) is 6.49. The van der Waals surface area contributed by atoms with Gasteiger partial charge in [0.15, 0.2) is 0 Å². The van der Waals surface area contributed by atoms with Crippen molar-refractivity contribution >= 4 is 28.4 Å². The summed E-state index contributed by atoms with van der Waals surface area (Å²) >= 11 is 0. The first-order chi connectivity index (χ1) is 12.3. The van der Waals surface area contributed by atoms with E-state index in [-0.39, 0.29) is 6.03 Å². The van der Waals surface area contributed by atoms with Crippen molar-refractivity contribution in [3.05, 3.63) is 48.5 Å². The molecule has 1 saturated carbocycles. The fourth-order valence-electron chi connectivity index (χ4n) is 3.45. The number of anilines is 2. The van der Waals surface area contributed by atoms with Crippen molar-refractivity contribution in [1.29, 1.82) is 0 Å². The molecular weight excluding hydrogens is 314 g/mol. The maximum Gasteiger partial charge on any atom is 0.323 e. The summed E-state index contributed by atoms with van der Waals surface area (Å²) in [6, 6.07) is 7.41. The first-order valence-electron chi connectivity index (χ1n) is 8.75. The zero-order chi connectivity index (χ0) is 17.1. The maximum atomic E-state index is 12.2. The Balaban J connectivity index is 1.40. The second-order valence-electron chi connectivity index (χ2n) is 6.49. The van der Waals surface area contributed by atoms with Gasteiger partial charge < -0.3 is 15.6 Å². The summed E-state index contributed by atoms with van der Waals surface area (Å²) in [5.41, 5.74) is 4.09. The molecule has 1 aliphatic carbocycles. The molecule has 3 aromatic heterocycles. The lowest BCUT2D eigenvalue weighted by Gasteiger charge is -2.21. The van der Waals surface area contributed by atoms with E-state index in [0.717, 1.165) is 16.7 Å². The summed E-state index contributed by atoms with van der Waals surface area (Å²) in [4.78, 5) is 24.1. The van der Waals surface area contributed by atoms with E-state index >= 15 is 0 Å². The first kappa shape index (κ1) is 15.6. The molecule has 0 aromatic carbocycles. The number of aromatic nitrogens is 3. The monoisotopic (exact) mass is 335 g/mol. The molecule has 1 fully saturated rings. The van der Waals surface area contributed by atoms with Crippen LogP contribution in [0.4, 0.5) is 16.2 Å². The van der Waals surface area contributed by atoms with Gasteiger partial charge in [0.1, 0.15) is 5.52 Å². The van der Waals surface area contributed by atoms with Crippen molar-refractivity contribution < 1.29 is 4.79 Å². The minimum atomic E-state index is -0.307. The summed E-state index contributed by atoms with van der Waals surface area (Å²) < 4.78 is 0. The number of nitrogens with one attached hydrogen (secondary N) is 3. The molecule has 3 heterocycles. The number of fused-ring (bicyclic) bond motifs is 1. The normalized spacial score (nSPS) is 15.2. The molecule has 0 aliphatic heterocycles. The average molecular weight is 335 g/mol. The third-order valence-corrected chi connectivity index (χ3v) is 4.75. The van der Waals surface area contributed by atoms with E-state index in [1.54, 1.807) is 18.6 Å². The molecule has 4 rings (SSSR count). The molecule has 6 heteroatoms. The van der Waals surface area contributed by atoms with Gasteiger partial charge in [0.25, 0.3) is 0 Å². The van der Waals surface area contributed by atoms with E-state index in [0.29, 0.717) is 17.3 Å². The molecule has 0 bridgehead atoms. The van der Waals surface area contributed by atoms with Gasteiger partial charge in [0.2, 0.25) is 0 Å². The van der Waals surface area contributed by atoms with E-state index in [1.165, 1.54) is 32.1 Å². The third-order valence-electron chi connectivity index (χ3n) is 4.75. The highest BCUT2D eigenvalue weighted by atomic mass is 16.2. The summed E-state index contributed by atoms with van der Waals surface area (Å²) in [5, 5.41) is 5.64. The quantitative estimate of drug-likeness (QED) is 0.651. The first-order valence-corrected chi connectivity index (χ1v) is 8.75. The lowest BCUT2D eigenvalue weighted by Crippen LogP contribution is -2.19. The van der Waals surface area contributed by atoms with Gasteiger partial charge in [-0.05, 0) is 37.1 Å². The van der Waals surface area contributed by atoms with E-state index < -0.39 is 0 Å². The van der Waals surface area contributed by atoms with Crippen LogP contribution in [-0.4, -0.2) is 21.0 Å². The van der Waals surface area contributed by atoms with Gasteiger partial charge >= 0.3 is 6.03 Å². The van der Waals surface area contributed by atoms with Crippen molar-refractivity contribution in [3.8, 4) is 0 Å². The predicted molar refractivity (Wildman–Crippen MR) is 98.8 cm³/mol. The molecule has 0 radical (unpaired) electrons. The Labute approximate surface area is 146 Å². The van der Waals surface area contributed by atoms with Crippen LogP contribution in [0.15, 0.2) is 42.9 Å². The van der Waals surface area contributed by atoms with Gasteiger partial charge in [-0.3, -0.25) is 9.97 Å². The van der Waals surface area contributed by atoms with Gasteiger partial charge in [0.05, 0.1) is 23.1 Å². The van der Waals surface area contributed by atoms with Crippen molar-refractivity contribution in [3.63, 3.8) is 0 Å². The molecule has 25 heavy (non-hydrogen) atoms. The Morgan fingerprint density at radius 3 is 2.76 bits per heavy atom. The zero-order valence-corrected chi connectivity index (χ0v) is 14.0. The van der Waals surface area contributed by atoms with Crippen LogP contribution in [0.5, 0.6) is 0 Å². The summed E-state index contributed by atoms with van der Waals surface area (Å²) in [6.45, 7) is 0. The van der Waals surface area contributed by atoms with Crippen LogP contribution in [0.1, 0.15) is 43.7 Å². The summed E-state index contributed by atoms with van der Waals surface area (Å²) in [6.07, 6.45) is 11.5. The van der Waals surface area contributed by atoms with Gasteiger partial charge in [-0.25, -0.2) is 4.79 Å². The van der Waals surface area contributed by atoms with Crippen molar-refractivity contribution in [2.75, 3.05) is 10.6 Å². The highest BCUT2D eigenvalue weighted by molar-refractivity contribution is 6.04. The van der Waals surface area contributed by atoms with Gasteiger partial charge in [-0.2, -0.15) is 0 Å². The Morgan fingerprint density at radius 2 is 1.96 bits per heavy atom. The number of carbonyl (C=O) groups excluding carboxylic acids is 1. The number of H-pyrrole nitrogens is 1. The number of aromatic amines is 1. The highest BCUT2D eigenvalue weighted by Gasteiger charge is 2.16. The van der Waals surface area contributed by atoms with Crippen LogP contribution >= 0.6 is 0 Å². The fourth-order valence-corrected chi connectivity index (χ4v) is 3.45. The minimum Gasteiger partial charge on any atom is -0.358 e. The van der Waals surface area contributed by atoms with Gasteiger partial charge in [-0.1, -0.05) is 19.3 Å². The van der Waals surface area contributed by atoms with Crippen LogP contribution < -0.4 is 10.6 Å². The topological polar surface area (TPSA) is 82.7 Å². The van der Waals surface area contributed by atoms with E-state index in [4.69, 9.17) is 0 Å². The van der Waals surface area contributed by atoms with Gasteiger partial charge in [0, 0.05) is 24.0 Å². The summed E-state index contributed by atoms with van der Waals surface area (Å²) in [7, 11) is 0. The molecule has 6 nitrogen and oxygen atoms in total. The van der Waals surface area contributed by atoms with Crippen molar-refractivity contribution in [1.82, 2.24) is 15.0 Å². The number of urea groups is 1. The standard InChI is InChI=1S/C19H21N5O/c25-19(24-17-12-22-16-7-4-10-20-18(16)17)23-14-8-9-15(21-11-14)13-5-2-1-3-6-13/h4,7-13,22H,1-3,5-6H2,(H2,23,24,25). The Bertz CT molecular complexity index is 865. The number of pyridine rings is 2. The number of hydrogen-bond donors (Lipinski definition) is 3. The van der Waals surface area contributed by atoms with Crippen LogP contribution in [-0.2, 0) is 0 Å². The number of carbonyl (C=O) groups is 1. The van der Waals surface area contributed by atoms with E-state index in [1.807, 2.05) is 24.3 Å². The molecule has 3 N–H and O–H groups in total. The van der Waals surface area contributed by atoms with Crippen LogP contribution in [0.3, 0.4) is 0 Å². The molecular formula is C19H21N5O. The second kappa shape index (κ2) is 6.93. The van der Waals surface area contributed by atoms with Crippen LogP contribution in [0.25, 0.3) is 11.0 Å². The smallest absolute Gasteiger partial charge is 0.323 e. The Hall–Kier alpha value is -2.89. The molecule has 0 atom stereocenters. The van der Waals surface area contributed by atoms with Crippen molar-refractivity contribution in [2.45, 2.75) is 38.0 Å². The molecule has 0 spiro atoms. The van der Waals surface area contributed by atoms with E-state index in [2.05, 4.69) is 25.6 Å². The molecule has 128 valence electrons. The van der Waals surface area contributed by atoms with E-state index in [9.17, 15) is 4.79 Å². The van der Waals surface area contributed by atoms with Gasteiger partial charge in [-0.15, -0.1) is 0 Å². The predicted octanol–water partition coefficient (Wildman–Crippen LogP) is 4.65. The number of rotatable bonds is 3. The molecule has 3 aromatic rings. The average Bonchev–Trinajstić information content (AvgIpc) is 3.06. The maximum absolute atomic E-state index is 12.2. The number of nitrogens with zero attached hydrogens (tertiary/aromatic N) is 2. The Kier molecular flexibility index (Phi) is 4.33. The van der Waals surface area contributed by atoms with Crippen molar-refractivity contribution in [2.24, 2.45) is 0 Å². The molecule has 2 amide bonds. The highest BCUT2D eigenvalue weighted by Crippen LogP contribution is 2.31. The Morgan fingerprint density at radius 1 is 1.08 bits per heavy atom. The lowest BCUT2D eigenvalue weighted by atomic mass is 9.87. The zero-order valence-electron chi connectivity index (χ0n) is 14.0. The molecule has 0 unspecified atom stereocenters. The molecule has 0 saturated heterocycles. The minimum absolute atomic E-state index is 0.307. The summed E-state index contributed by atoms with van der Waals surface area (Å²) in [5.74, 6) is 0.564. The van der Waals surface area contributed by atoms with Crippen LogP contribution in [0.2, 0.25) is 0 Å². The number of amides is 2. The fraction of sp³-hybridized carbons (Fsp3) is 0.316. The lowest BCUT2D eigenvalue weighted by molar-refractivity contribution is 0.262. The third kappa shape index (κ3) is 3.47.